The summed E-state index contributed by atoms with van der Waals surface area (Å²) in [6.45, 7) is 15.9. The second-order valence-electron chi connectivity index (χ2n) is 18.2. The van der Waals surface area contributed by atoms with Gasteiger partial charge in [-0.05, 0) is 86.3 Å². The molecule has 1 aliphatic heterocycles. The van der Waals surface area contributed by atoms with Crippen LogP contribution in [0, 0.1) is 18.8 Å². The molecule has 0 amide bonds. The maximum atomic E-state index is 6.66. The SMILES string of the molecule is CC(C)(C)c1cc(N2[CH-]N(c3[c-]c(Oc4[c-]c5c(cc4)c4oc6ccc7ccccc7c6c4n5-c4ccccn4)ccc3)c3ccc(-c4ccccc4)cc32)cc(C(C)(C)C)c1.[Pt]. The molecular weight excluding hydrogens is 956 g/mol. The molecule has 3 aromatic heterocycles. The Morgan fingerprint density at radius 2 is 1.35 bits per heavy atom. The first-order chi connectivity index (χ1) is 30.0. The summed E-state index contributed by atoms with van der Waals surface area (Å²) in [5.41, 5.74) is 12.4. The molecule has 7 aromatic carbocycles. The van der Waals surface area contributed by atoms with E-state index in [1.807, 2.05) is 42.6 Å². The molecule has 314 valence electrons. The summed E-state index contributed by atoms with van der Waals surface area (Å²) in [4.78, 5) is 9.33. The Bertz CT molecular complexity index is 3310. The molecule has 0 bridgehead atoms. The third-order valence-corrected chi connectivity index (χ3v) is 12.0. The van der Waals surface area contributed by atoms with E-state index in [0.29, 0.717) is 11.5 Å². The monoisotopic (exact) mass is 1000 g/mol. The standard InChI is InChI=1S/C56H45N4O2.Pt/c1-55(2,3)39-30-40(56(4,5)6)32-42(31-39)59-35-58(47-26-22-38(29-49(47)59)36-15-8-7-9-16-36)41-18-14-19-43(33-41)61-44-24-25-46-48(34-44)60(51-21-12-13-28-57-51)53-52-45-20-11-10-17-37(45)23-27-50(52)62-54(46)53;/h7-32,35H,1-6H3;/q-3;. The van der Waals surface area contributed by atoms with E-state index in [1.165, 1.54) is 16.7 Å². The average molecular weight is 1000 g/mol. The van der Waals surface area contributed by atoms with Crippen LogP contribution in [0.3, 0.4) is 0 Å². The van der Waals surface area contributed by atoms with Crippen molar-refractivity contribution in [3.8, 4) is 28.4 Å². The van der Waals surface area contributed by atoms with Gasteiger partial charge < -0.3 is 23.5 Å². The summed E-state index contributed by atoms with van der Waals surface area (Å²) >= 11 is 0. The van der Waals surface area contributed by atoms with Gasteiger partial charge in [-0.25, -0.2) is 4.98 Å². The number of hydrogen-bond acceptors (Lipinski definition) is 5. The average Bonchev–Trinajstić information content (AvgIpc) is 3.95. The first-order valence-corrected chi connectivity index (χ1v) is 21.2. The minimum absolute atomic E-state index is 0. The maximum Gasteiger partial charge on any atom is 0.136 e. The van der Waals surface area contributed by atoms with Gasteiger partial charge in [0, 0.05) is 55.8 Å². The van der Waals surface area contributed by atoms with Gasteiger partial charge in [0.25, 0.3) is 0 Å². The van der Waals surface area contributed by atoms with E-state index in [0.717, 1.165) is 77.9 Å². The fourth-order valence-electron chi connectivity index (χ4n) is 8.70. The molecule has 0 spiro atoms. The summed E-state index contributed by atoms with van der Waals surface area (Å²) in [6, 6.07) is 60.2. The number of anilines is 4. The van der Waals surface area contributed by atoms with Crippen LogP contribution in [0.15, 0.2) is 162 Å². The van der Waals surface area contributed by atoms with Gasteiger partial charge in [-0.2, -0.15) is 12.1 Å². The molecule has 0 aliphatic carbocycles. The zero-order chi connectivity index (χ0) is 42.3. The second kappa shape index (κ2) is 15.3. The van der Waals surface area contributed by atoms with Crippen molar-refractivity contribution in [2.75, 3.05) is 9.80 Å². The number of nitrogens with zero attached hydrogens (tertiary/aromatic N) is 4. The van der Waals surface area contributed by atoms with Crippen LogP contribution in [0.4, 0.5) is 22.7 Å². The Labute approximate surface area is 382 Å². The minimum Gasteiger partial charge on any atom is -0.509 e. The van der Waals surface area contributed by atoms with Crippen molar-refractivity contribution in [1.82, 2.24) is 9.55 Å². The van der Waals surface area contributed by atoms with E-state index in [1.54, 1.807) is 0 Å². The second-order valence-corrected chi connectivity index (χ2v) is 18.2. The third-order valence-electron chi connectivity index (χ3n) is 12.0. The molecule has 11 rings (SSSR count). The normalized spacial score (nSPS) is 13.0. The van der Waals surface area contributed by atoms with Crippen LogP contribution in [-0.2, 0) is 31.9 Å². The van der Waals surface area contributed by atoms with Crippen molar-refractivity contribution < 1.29 is 30.2 Å². The van der Waals surface area contributed by atoms with Gasteiger partial charge in [0.15, 0.2) is 0 Å². The van der Waals surface area contributed by atoms with E-state index < -0.39 is 0 Å². The zero-order valence-electron chi connectivity index (χ0n) is 36.0. The van der Waals surface area contributed by atoms with Gasteiger partial charge in [-0.15, -0.1) is 42.7 Å². The van der Waals surface area contributed by atoms with Gasteiger partial charge in [0.1, 0.15) is 17.0 Å². The molecular formula is C56H45N4O2Pt-3. The van der Waals surface area contributed by atoms with Crippen LogP contribution in [0.5, 0.6) is 11.5 Å². The molecule has 1 aliphatic rings. The van der Waals surface area contributed by atoms with Gasteiger partial charge in [-0.1, -0.05) is 131 Å². The summed E-state index contributed by atoms with van der Waals surface area (Å²) < 4.78 is 15.4. The van der Waals surface area contributed by atoms with Gasteiger partial charge in [0.2, 0.25) is 0 Å². The van der Waals surface area contributed by atoms with Crippen LogP contribution in [0.1, 0.15) is 52.7 Å². The van der Waals surface area contributed by atoms with Crippen molar-refractivity contribution in [3.63, 3.8) is 0 Å². The van der Waals surface area contributed by atoms with Gasteiger partial charge in [-0.3, -0.25) is 0 Å². The third kappa shape index (κ3) is 7.07. The van der Waals surface area contributed by atoms with Gasteiger partial charge in [0.05, 0.1) is 10.9 Å². The molecule has 0 radical (unpaired) electrons. The summed E-state index contributed by atoms with van der Waals surface area (Å²) in [7, 11) is 0. The fourth-order valence-corrected chi connectivity index (χ4v) is 8.70. The predicted octanol–water partition coefficient (Wildman–Crippen LogP) is 15.1. The smallest absolute Gasteiger partial charge is 0.136 e. The summed E-state index contributed by atoms with van der Waals surface area (Å²) in [5, 5.41) is 4.25. The predicted molar refractivity (Wildman–Crippen MR) is 254 cm³/mol. The number of aromatic nitrogens is 2. The molecule has 0 N–H and O–H groups in total. The van der Waals surface area contributed by atoms with Crippen molar-refractivity contribution in [3.05, 3.63) is 188 Å². The number of furan rings is 1. The molecule has 6 nitrogen and oxygen atoms in total. The van der Waals surface area contributed by atoms with Crippen LogP contribution < -0.4 is 14.5 Å². The van der Waals surface area contributed by atoms with Crippen molar-refractivity contribution >= 4 is 66.5 Å². The molecule has 10 aromatic rings. The Balaban J connectivity index is 0.00000471. The van der Waals surface area contributed by atoms with Crippen LogP contribution in [-0.4, -0.2) is 9.55 Å². The number of benzene rings is 7. The van der Waals surface area contributed by atoms with E-state index in [4.69, 9.17) is 14.1 Å². The van der Waals surface area contributed by atoms with E-state index >= 15 is 0 Å². The fraction of sp³-hybridized carbons (Fsp3) is 0.143. The Hall–Kier alpha value is -6.62. The largest absolute Gasteiger partial charge is 0.509 e. The molecule has 0 saturated carbocycles. The first-order valence-electron chi connectivity index (χ1n) is 21.2. The molecule has 63 heavy (non-hydrogen) atoms. The summed E-state index contributed by atoms with van der Waals surface area (Å²) in [6.07, 6.45) is 1.82. The number of hydrogen-bond donors (Lipinski definition) is 0. The molecule has 0 saturated heterocycles. The maximum absolute atomic E-state index is 6.66. The summed E-state index contributed by atoms with van der Waals surface area (Å²) in [5.74, 6) is 1.91. The Kier molecular flexibility index (Phi) is 9.84. The quantitative estimate of drug-likeness (QED) is 0.155. The molecule has 0 atom stereocenters. The Morgan fingerprint density at radius 3 is 2.11 bits per heavy atom. The number of fused-ring (bicyclic) bond motifs is 8. The molecule has 0 fully saturated rings. The molecule has 0 unspecified atom stereocenters. The van der Waals surface area contributed by atoms with Crippen molar-refractivity contribution in [2.24, 2.45) is 0 Å². The number of ether oxygens (including phenoxy) is 1. The van der Waals surface area contributed by atoms with Crippen molar-refractivity contribution in [1.29, 1.82) is 0 Å². The first kappa shape index (κ1) is 40.5. The Morgan fingerprint density at radius 1 is 0.603 bits per heavy atom. The van der Waals surface area contributed by atoms with Crippen LogP contribution in [0.25, 0.3) is 60.7 Å². The van der Waals surface area contributed by atoms with Crippen LogP contribution in [0.2, 0.25) is 0 Å². The van der Waals surface area contributed by atoms with E-state index in [-0.39, 0.29) is 31.9 Å². The van der Waals surface area contributed by atoms with E-state index in [2.05, 4.69) is 190 Å². The number of pyridine rings is 1. The van der Waals surface area contributed by atoms with E-state index in [9.17, 15) is 0 Å². The van der Waals surface area contributed by atoms with Crippen molar-refractivity contribution in [2.45, 2.75) is 52.4 Å². The van der Waals surface area contributed by atoms with Crippen LogP contribution >= 0.6 is 0 Å². The zero-order valence-corrected chi connectivity index (χ0v) is 38.3. The topological polar surface area (TPSA) is 46.7 Å². The minimum atomic E-state index is -0.0329. The molecule has 4 heterocycles. The van der Waals surface area contributed by atoms with Gasteiger partial charge >= 0.3 is 0 Å². The number of rotatable bonds is 6. The molecule has 7 heteroatoms.